The summed E-state index contributed by atoms with van der Waals surface area (Å²) in [6.07, 6.45) is -1.66. The van der Waals surface area contributed by atoms with Crippen molar-refractivity contribution in [2.24, 2.45) is 4.99 Å². The van der Waals surface area contributed by atoms with E-state index in [1.165, 1.54) is 17.0 Å². The lowest BCUT2D eigenvalue weighted by molar-refractivity contribution is -0.137. The monoisotopic (exact) mass is 498 g/mol. The van der Waals surface area contributed by atoms with E-state index in [2.05, 4.69) is 15.3 Å². The molecule has 1 heterocycles. The number of aliphatic imine (C=N–C) groups is 1. The molecule has 0 unspecified atom stereocenters. The molecule has 0 spiro atoms. The fourth-order valence-corrected chi connectivity index (χ4v) is 3.12. The molecule has 2 aromatic rings. The first kappa shape index (κ1) is 22.7. The predicted octanol–water partition coefficient (Wildman–Crippen LogP) is 4.34. The Morgan fingerprint density at radius 1 is 1.27 bits per heavy atom. The van der Waals surface area contributed by atoms with Gasteiger partial charge in [0, 0.05) is 44.7 Å². The Morgan fingerprint density at radius 2 is 1.92 bits per heavy atom. The van der Waals surface area contributed by atoms with Crippen molar-refractivity contribution in [3.8, 4) is 0 Å². The van der Waals surface area contributed by atoms with Gasteiger partial charge < -0.3 is 10.2 Å². The maximum absolute atomic E-state index is 12.6. The Balaban J connectivity index is 0.00000338. The average molecular weight is 498 g/mol. The van der Waals surface area contributed by atoms with E-state index in [-0.39, 0.29) is 24.0 Å². The largest absolute Gasteiger partial charge is 0.416 e. The van der Waals surface area contributed by atoms with Crippen molar-refractivity contribution >= 4 is 41.3 Å². The molecule has 144 valence electrons. The highest BCUT2D eigenvalue weighted by Gasteiger charge is 2.29. The van der Waals surface area contributed by atoms with Crippen molar-refractivity contribution in [3.63, 3.8) is 0 Å². The van der Waals surface area contributed by atoms with Gasteiger partial charge in [-0.2, -0.15) is 13.2 Å². The van der Waals surface area contributed by atoms with Gasteiger partial charge in [0.15, 0.2) is 5.96 Å². The van der Waals surface area contributed by atoms with Crippen molar-refractivity contribution in [1.29, 1.82) is 0 Å². The van der Waals surface area contributed by atoms with Crippen LogP contribution in [0.1, 0.15) is 21.0 Å². The molecule has 1 N–H and O–H groups in total. The van der Waals surface area contributed by atoms with Crippen LogP contribution in [0.15, 0.2) is 35.5 Å². The van der Waals surface area contributed by atoms with E-state index in [0.717, 1.165) is 29.1 Å². The highest BCUT2D eigenvalue weighted by molar-refractivity contribution is 14.0. The zero-order valence-corrected chi connectivity index (χ0v) is 17.9. The molecular weight excluding hydrogens is 476 g/mol. The quantitative estimate of drug-likeness (QED) is 0.379. The fraction of sp³-hybridized carbons (Fsp3) is 0.412. The molecule has 0 bridgehead atoms. The summed E-state index contributed by atoms with van der Waals surface area (Å²) in [7, 11) is 3.53. The molecule has 9 heteroatoms. The van der Waals surface area contributed by atoms with Crippen LogP contribution in [0.3, 0.4) is 0 Å². The smallest absolute Gasteiger partial charge is 0.356 e. The van der Waals surface area contributed by atoms with Crippen LogP contribution in [0, 0.1) is 6.92 Å². The molecule has 0 atom stereocenters. The SMILES string of the molecule is CN=C(NCCc1ncc(C)s1)N(C)Cc1ccc(C(F)(F)F)cc1.I. The maximum atomic E-state index is 12.6. The van der Waals surface area contributed by atoms with E-state index in [4.69, 9.17) is 0 Å². The molecule has 0 saturated heterocycles. The van der Waals surface area contributed by atoms with Gasteiger partial charge in [-0.25, -0.2) is 4.98 Å². The molecule has 2 rings (SSSR count). The summed E-state index contributed by atoms with van der Waals surface area (Å²) in [6.45, 7) is 3.18. The van der Waals surface area contributed by atoms with E-state index in [1.54, 1.807) is 18.4 Å². The zero-order valence-electron chi connectivity index (χ0n) is 14.8. The summed E-state index contributed by atoms with van der Waals surface area (Å²) in [6, 6.07) is 5.18. The second-order valence-electron chi connectivity index (χ2n) is 5.64. The number of guanidine groups is 1. The highest BCUT2D eigenvalue weighted by atomic mass is 127. The van der Waals surface area contributed by atoms with Crippen molar-refractivity contribution < 1.29 is 13.2 Å². The van der Waals surface area contributed by atoms with Crippen molar-refractivity contribution in [3.05, 3.63) is 51.5 Å². The van der Waals surface area contributed by atoms with Crippen LogP contribution in [-0.4, -0.2) is 36.5 Å². The number of aryl methyl sites for hydroxylation is 1. The summed E-state index contributed by atoms with van der Waals surface area (Å²) in [5.74, 6) is 0.688. The number of aromatic nitrogens is 1. The van der Waals surface area contributed by atoms with Gasteiger partial charge in [0.25, 0.3) is 0 Å². The van der Waals surface area contributed by atoms with E-state index in [0.29, 0.717) is 19.0 Å². The lowest BCUT2D eigenvalue weighted by Crippen LogP contribution is -2.39. The second-order valence-corrected chi connectivity index (χ2v) is 6.96. The molecule has 1 aromatic heterocycles. The first-order valence-electron chi connectivity index (χ1n) is 7.79. The number of rotatable bonds is 5. The van der Waals surface area contributed by atoms with Gasteiger partial charge in [0.2, 0.25) is 0 Å². The Hall–Kier alpha value is -1.36. The van der Waals surface area contributed by atoms with E-state index in [1.807, 2.05) is 25.1 Å². The standard InChI is InChI=1S/C17H21F3N4S.HI/c1-12-10-23-15(25-12)8-9-22-16(21-2)24(3)11-13-4-6-14(7-5-13)17(18,19)20;/h4-7,10H,8-9,11H2,1-3H3,(H,21,22);1H. The maximum Gasteiger partial charge on any atom is 0.416 e. The minimum Gasteiger partial charge on any atom is -0.356 e. The van der Waals surface area contributed by atoms with E-state index in [9.17, 15) is 13.2 Å². The van der Waals surface area contributed by atoms with E-state index < -0.39 is 11.7 Å². The van der Waals surface area contributed by atoms with Crippen molar-refractivity contribution in [2.75, 3.05) is 20.6 Å². The number of nitrogens with one attached hydrogen (secondary N) is 1. The third-order valence-electron chi connectivity index (χ3n) is 3.57. The van der Waals surface area contributed by atoms with Gasteiger partial charge in [-0.05, 0) is 24.6 Å². The van der Waals surface area contributed by atoms with Gasteiger partial charge in [0.1, 0.15) is 0 Å². The highest BCUT2D eigenvalue weighted by Crippen LogP contribution is 2.29. The minimum atomic E-state index is -4.31. The van der Waals surface area contributed by atoms with Gasteiger partial charge in [0.05, 0.1) is 10.6 Å². The Kier molecular flexibility index (Phi) is 8.81. The number of hydrogen-bond acceptors (Lipinski definition) is 3. The zero-order chi connectivity index (χ0) is 18.4. The number of benzene rings is 1. The van der Waals surface area contributed by atoms with Crippen LogP contribution in [0.25, 0.3) is 0 Å². The second kappa shape index (κ2) is 10.1. The fourth-order valence-electron chi connectivity index (χ4n) is 2.33. The number of alkyl halides is 3. The molecule has 1 aromatic carbocycles. The Labute approximate surface area is 172 Å². The van der Waals surface area contributed by atoms with Gasteiger partial charge in [-0.15, -0.1) is 35.3 Å². The molecule has 4 nitrogen and oxygen atoms in total. The lowest BCUT2D eigenvalue weighted by atomic mass is 10.1. The first-order valence-corrected chi connectivity index (χ1v) is 8.60. The summed E-state index contributed by atoms with van der Waals surface area (Å²) < 4.78 is 37.8. The molecule has 0 aliphatic carbocycles. The summed E-state index contributed by atoms with van der Waals surface area (Å²) in [5, 5.41) is 4.31. The molecule has 0 radical (unpaired) electrons. The van der Waals surface area contributed by atoms with Crippen LogP contribution in [-0.2, 0) is 19.1 Å². The Morgan fingerprint density at radius 3 is 2.42 bits per heavy atom. The lowest BCUT2D eigenvalue weighted by Gasteiger charge is -2.22. The number of hydrogen-bond donors (Lipinski definition) is 1. The topological polar surface area (TPSA) is 40.5 Å². The summed E-state index contributed by atoms with van der Waals surface area (Å²) in [5.41, 5.74) is 0.147. The molecule has 26 heavy (non-hydrogen) atoms. The van der Waals surface area contributed by atoms with Gasteiger partial charge in [-0.3, -0.25) is 4.99 Å². The molecule has 0 saturated carbocycles. The number of halogens is 4. The Bertz CT molecular complexity index is 714. The van der Waals surface area contributed by atoms with Crippen LogP contribution in [0.2, 0.25) is 0 Å². The van der Waals surface area contributed by atoms with Crippen LogP contribution in [0.4, 0.5) is 13.2 Å². The van der Waals surface area contributed by atoms with Crippen LogP contribution >= 0.6 is 35.3 Å². The number of thiazole rings is 1. The van der Waals surface area contributed by atoms with Crippen LogP contribution in [0.5, 0.6) is 0 Å². The van der Waals surface area contributed by atoms with Crippen LogP contribution < -0.4 is 5.32 Å². The molecule has 0 amide bonds. The average Bonchev–Trinajstić information content (AvgIpc) is 2.96. The third kappa shape index (κ3) is 6.75. The van der Waals surface area contributed by atoms with Crippen molar-refractivity contribution in [2.45, 2.75) is 26.1 Å². The molecule has 0 aliphatic rings. The number of nitrogens with zero attached hydrogens (tertiary/aromatic N) is 3. The molecular formula is C17H22F3IN4S. The third-order valence-corrected chi connectivity index (χ3v) is 4.54. The molecule has 0 aliphatic heterocycles. The predicted molar refractivity (Wildman–Crippen MR) is 110 cm³/mol. The summed E-state index contributed by atoms with van der Waals surface area (Å²) in [4.78, 5) is 11.6. The normalized spacial score (nSPS) is 11.8. The van der Waals surface area contributed by atoms with Crippen molar-refractivity contribution in [1.82, 2.24) is 15.2 Å². The van der Waals surface area contributed by atoms with Gasteiger partial charge >= 0.3 is 6.18 Å². The van der Waals surface area contributed by atoms with Gasteiger partial charge in [-0.1, -0.05) is 12.1 Å². The van der Waals surface area contributed by atoms with E-state index >= 15 is 0 Å². The first-order chi connectivity index (χ1) is 11.8. The summed E-state index contributed by atoms with van der Waals surface area (Å²) >= 11 is 1.66. The minimum absolute atomic E-state index is 0. The molecule has 0 fully saturated rings.